The maximum absolute atomic E-state index is 15.4. The summed E-state index contributed by atoms with van der Waals surface area (Å²) in [6, 6.07) is 14.6. The zero-order valence-corrected chi connectivity index (χ0v) is 27.3. The summed E-state index contributed by atoms with van der Waals surface area (Å²) in [5.74, 6) is -2.79. The molecule has 46 heavy (non-hydrogen) atoms. The number of piperazine rings is 1. The highest BCUT2D eigenvalue weighted by Crippen LogP contribution is 2.37. The average molecular weight is 673 g/mol. The highest BCUT2D eigenvalue weighted by molar-refractivity contribution is 7.89. The summed E-state index contributed by atoms with van der Waals surface area (Å²) >= 11 is 6.17. The lowest BCUT2D eigenvalue weighted by atomic mass is 9.79. The summed E-state index contributed by atoms with van der Waals surface area (Å²) in [4.78, 5) is 31.2. The first-order valence-corrected chi connectivity index (χ1v) is 17.2. The molecule has 0 spiro atoms. The Labute approximate surface area is 273 Å². The predicted molar refractivity (Wildman–Crippen MR) is 173 cm³/mol. The summed E-state index contributed by atoms with van der Waals surface area (Å²) in [5, 5.41) is 6.83. The van der Waals surface area contributed by atoms with Gasteiger partial charge >= 0.3 is 5.97 Å². The molecule has 13 heteroatoms. The van der Waals surface area contributed by atoms with Gasteiger partial charge in [0.25, 0.3) is 0 Å². The van der Waals surface area contributed by atoms with Crippen LogP contribution in [0, 0.1) is 11.7 Å². The molecule has 2 aliphatic rings. The molecule has 0 radical (unpaired) electrons. The van der Waals surface area contributed by atoms with Crippen molar-refractivity contribution < 1.29 is 31.9 Å². The van der Waals surface area contributed by atoms with Crippen molar-refractivity contribution in [1.82, 2.24) is 14.6 Å². The number of nitrogens with one attached hydrogen (secondary N) is 2. The molecule has 3 heterocycles. The number of hydrogen-bond acceptors (Lipinski definition) is 8. The van der Waals surface area contributed by atoms with Crippen molar-refractivity contribution in [2.45, 2.75) is 50.1 Å². The lowest BCUT2D eigenvalue weighted by Gasteiger charge is -2.37. The SMILES string of the molecule is COC(=O)C[C@H](C(=O)Nc1cccc(F)c1CCC1CNC2CCCS(=O)(=O)N1C2)[C@@H](c1ccc(Cl)cc1)c1ccc(OC)nc1. The first-order chi connectivity index (χ1) is 22.1. The molecule has 2 N–H and O–H groups in total. The molecule has 246 valence electrons. The van der Waals surface area contributed by atoms with Crippen molar-refractivity contribution in [3.05, 3.63) is 88.3 Å². The number of methoxy groups -OCH3 is 2. The molecule has 5 rings (SSSR count). The van der Waals surface area contributed by atoms with E-state index >= 15 is 4.39 Å². The van der Waals surface area contributed by atoms with E-state index in [1.54, 1.807) is 53.0 Å². The molecular formula is C33H38ClFN4O6S. The van der Waals surface area contributed by atoms with Gasteiger partial charge in [-0.15, -0.1) is 0 Å². The fourth-order valence-electron chi connectivity index (χ4n) is 6.36. The number of sulfonamides is 1. The van der Waals surface area contributed by atoms with Crippen LogP contribution < -0.4 is 15.4 Å². The Hall–Kier alpha value is -3.58. The molecule has 5 atom stereocenters. The number of nitrogens with zero attached hydrogens (tertiary/aromatic N) is 2. The summed E-state index contributed by atoms with van der Waals surface area (Å²) in [6.45, 7) is 0.870. The van der Waals surface area contributed by atoms with Crippen LogP contribution in [0.5, 0.6) is 5.88 Å². The minimum Gasteiger partial charge on any atom is -0.481 e. The largest absolute Gasteiger partial charge is 0.481 e. The van der Waals surface area contributed by atoms with Crippen LogP contribution >= 0.6 is 11.6 Å². The highest BCUT2D eigenvalue weighted by atomic mass is 35.5. The van der Waals surface area contributed by atoms with Gasteiger partial charge in [-0.1, -0.05) is 35.9 Å². The number of fused-ring (bicyclic) bond motifs is 2. The van der Waals surface area contributed by atoms with Gasteiger partial charge in [-0.2, -0.15) is 4.31 Å². The van der Waals surface area contributed by atoms with Gasteiger partial charge in [0.1, 0.15) is 5.82 Å². The second kappa shape index (κ2) is 14.9. The number of carbonyl (C=O) groups is 2. The molecule has 1 amide bonds. The van der Waals surface area contributed by atoms with Crippen LogP contribution in [0.2, 0.25) is 5.02 Å². The number of anilines is 1. The van der Waals surface area contributed by atoms with Crippen molar-refractivity contribution in [2.24, 2.45) is 5.92 Å². The number of pyridine rings is 1. The molecule has 2 bridgehead atoms. The van der Waals surface area contributed by atoms with Gasteiger partial charge in [-0.25, -0.2) is 17.8 Å². The number of aromatic nitrogens is 1. The van der Waals surface area contributed by atoms with Gasteiger partial charge in [-0.3, -0.25) is 9.59 Å². The minimum absolute atomic E-state index is 0.1000. The first-order valence-electron chi connectivity index (χ1n) is 15.2. The standard InChI is InChI=1S/C33H38ClFN4O6S/c1-44-30-15-10-22(18-37-30)32(21-8-11-23(34)12-9-21)27(17-31(40)45-2)33(41)38-29-7-3-6-28(35)26(29)14-13-25-19-36-24-5-4-16-46(42,43)39(25)20-24/h3,6-12,15,18,24-25,27,32,36H,4-5,13-14,16-17,19-20H2,1-2H3,(H,38,41)/t24?,25?,27-,32-/m0/s1. The second-order valence-electron chi connectivity index (χ2n) is 11.6. The van der Waals surface area contributed by atoms with Gasteiger partial charge in [0, 0.05) is 59.6 Å². The van der Waals surface area contributed by atoms with Crippen molar-refractivity contribution >= 4 is 39.2 Å². The third-order valence-corrected chi connectivity index (χ3v) is 11.0. The minimum atomic E-state index is -3.41. The number of halogens is 2. The molecule has 2 saturated heterocycles. The Morgan fingerprint density at radius 3 is 2.59 bits per heavy atom. The smallest absolute Gasteiger partial charge is 0.306 e. The Kier molecular flexibility index (Phi) is 10.9. The first kappa shape index (κ1) is 33.8. The summed E-state index contributed by atoms with van der Waals surface area (Å²) < 4.78 is 53.1. The Bertz CT molecular complexity index is 1640. The van der Waals surface area contributed by atoms with E-state index in [2.05, 4.69) is 15.6 Å². The van der Waals surface area contributed by atoms with Crippen LogP contribution in [0.15, 0.2) is 60.8 Å². The van der Waals surface area contributed by atoms with E-state index in [0.717, 1.165) is 6.42 Å². The molecule has 10 nitrogen and oxygen atoms in total. The predicted octanol–water partition coefficient (Wildman–Crippen LogP) is 4.53. The average Bonchev–Trinajstić information content (AvgIpc) is 3.16. The molecule has 3 aromatic rings. The van der Waals surface area contributed by atoms with Gasteiger partial charge in [0.2, 0.25) is 21.8 Å². The number of esters is 1. The van der Waals surface area contributed by atoms with Crippen LogP contribution in [0.1, 0.15) is 48.3 Å². The number of hydrogen-bond donors (Lipinski definition) is 2. The maximum Gasteiger partial charge on any atom is 0.306 e. The number of ether oxygens (including phenoxy) is 2. The second-order valence-corrected chi connectivity index (χ2v) is 14.1. The van der Waals surface area contributed by atoms with E-state index < -0.39 is 39.6 Å². The van der Waals surface area contributed by atoms with Crippen molar-refractivity contribution in [2.75, 3.05) is 38.4 Å². The maximum atomic E-state index is 15.4. The zero-order chi connectivity index (χ0) is 32.8. The quantitative estimate of drug-likeness (QED) is 0.285. The normalized spacial score (nSPS) is 21.8. The molecule has 0 aliphatic carbocycles. The van der Waals surface area contributed by atoms with Gasteiger partial charge in [-0.05, 0) is 61.1 Å². The summed E-state index contributed by atoms with van der Waals surface area (Å²) in [7, 11) is -0.666. The van der Waals surface area contributed by atoms with Crippen LogP contribution in [0.4, 0.5) is 10.1 Å². The Morgan fingerprint density at radius 1 is 1.13 bits per heavy atom. The van der Waals surface area contributed by atoms with E-state index in [1.807, 2.05) is 0 Å². The van der Waals surface area contributed by atoms with Crippen LogP contribution in [0.3, 0.4) is 0 Å². The van der Waals surface area contributed by atoms with Gasteiger partial charge in [0.15, 0.2) is 0 Å². The zero-order valence-electron chi connectivity index (χ0n) is 25.7. The van der Waals surface area contributed by atoms with Crippen molar-refractivity contribution in [1.29, 1.82) is 0 Å². The third-order valence-electron chi connectivity index (χ3n) is 8.78. The molecule has 2 aliphatic heterocycles. The van der Waals surface area contributed by atoms with Crippen molar-refractivity contribution in [3.63, 3.8) is 0 Å². The third kappa shape index (κ3) is 7.86. The molecule has 0 saturated carbocycles. The lowest BCUT2D eigenvalue weighted by molar-refractivity contribution is -0.143. The number of carbonyl (C=O) groups excluding carboxylic acids is 2. The van der Waals surface area contributed by atoms with E-state index in [1.165, 1.54) is 26.4 Å². The number of amides is 1. The molecule has 2 aromatic carbocycles. The molecule has 2 fully saturated rings. The van der Waals surface area contributed by atoms with Gasteiger partial charge in [0.05, 0.1) is 32.3 Å². The molecule has 3 unspecified atom stereocenters. The number of rotatable bonds is 11. The fourth-order valence-corrected chi connectivity index (χ4v) is 8.29. The van der Waals surface area contributed by atoms with Gasteiger partial charge < -0.3 is 20.1 Å². The van der Waals surface area contributed by atoms with Crippen LogP contribution in [-0.2, 0) is 30.8 Å². The van der Waals surface area contributed by atoms with Crippen LogP contribution in [-0.4, -0.2) is 74.7 Å². The highest BCUT2D eigenvalue weighted by Gasteiger charge is 2.38. The van der Waals surface area contributed by atoms with Crippen LogP contribution in [0.25, 0.3) is 0 Å². The molecular weight excluding hydrogens is 635 g/mol. The summed E-state index contributed by atoms with van der Waals surface area (Å²) in [5.41, 5.74) is 1.87. The lowest BCUT2D eigenvalue weighted by Crippen LogP contribution is -2.57. The Morgan fingerprint density at radius 2 is 1.89 bits per heavy atom. The van der Waals surface area contributed by atoms with E-state index in [-0.39, 0.29) is 41.9 Å². The Balaban J connectivity index is 1.44. The topological polar surface area (TPSA) is 127 Å². The van der Waals surface area contributed by atoms with E-state index in [0.29, 0.717) is 48.0 Å². The monoisotopic (exact) mass is 672 g/mol. The van der Waals surface area contributed by atoms with Crippen molar-refractivity contribution in [3.8, 4) is 5.88 Å². The fraction of sp³-hybridized carbons (Fsp3) is 0.424. The van der Waals surface area contributed by atoms with E-state index in [4.69, 9.17) is 21.1 Å². The molecule has 1 aromatic heterocycles. The van der Waals surface area contributed by atoms with E-state index in [9.17, 15) is 18.0 Å². The summed E-state index contributed by atoms with van der Waals surface area (Å²) in [6.07, 6.45) is 3.26. The number of benzene rings is 2.